The third kappa shape index (κ3) is 5.03. The number of hydrogen-bond donors (Lipinski definition) is 4. The number of carbonyl (C=O) groups excluding carboxylic acids is 2. The first-order valence-electron chi connectivity index (χ1n) is 7.64. The van der Waals surface area contributed by atoms with Crippen LogP contribution in [0.2, 0.25) is 0 Å². The topological polar surface area (TPSA) is 149 Å². The van der Waals surface area contributed by atoms with Gasteiger partial charge in [0.05, 0.1) is 6.20 Å². The largest absolute Gasteiger partial charge is 0.433 e. The van der Waals surface area contributed by atoms with Gasteiger partial charge in [-0.15, -0.1) is 0 Å². The van der Waals surface area contributed by atoms with Gasteiger partial charge in [0.2, 0.25) is 5.91 Å². The minimum Gasteiger partial charge on any atom is -0.368 e. The zero-order chi connectivity index (χ0) is 20.2. The lowest BCUT2D eigenvalue weighted by molar-refractivity contribution is -0.141. The molecule has 0 aliphatic carbocycles. The van der Waals surface area contributed by atoms with Crippen LogP contribution in [-0.2, 0) is 11.0 Å². The number of amides is 2. The molecule has 1 unspecified atom stereocenters. The Morgan fingerprint density at radius 1 is 1.26 bits per heavy atom. The molecule has 0 saturated carbocycles. The predicted molar refractivity (Wildman–Crippen MR) is 90.0 cm³/mol. The number of halogens is 3. The first kappa shape index (κ1) is 19.9. The Balaban J connectivity index is 2.38. The highest BCUT2D eigenvalue weighted by Gasteiger charge is 2.32. The molecule has 2 rings (SSSR count). The van der Waals surface area contributed by atoms with Crippen LogP contribution in [-0.4, -0.2) is 32.8 Å². The Hall–Kier alpha value is -3.44. The maximum Gasteiger partial charge on any atom is 0.433 e. The van der Waals surface area contributed by atoms with Crippen LogP contribution in [0.15, 0.2) is 24.5 Å². The summed E-state index contributed by atoms with van der Waals surface area (Å²) < 4.78 is 38.4. The Morgan fingerprint density at radius 3 is 2.52 bits per heavy atom. The predicted octanol–water partition coefficient (Wildman–Crippen LogP) is 1.41. The number of hydrogen-bond acceptors (Lipinski definition) is 7. The highest BCUT2D eigenvalue weighted by molar-refractivity contribution is 5.96. The van der Waals surface area contributed by atoms with Crippen molar-refractivity contribution in [3.8, 4) is 0 Å². The second-order valence-electron chi connectivity index (χ2n) is 5.38. The zero-order valence-corrected chi connectivity index (χ0v) is 14.0. The van der Waals surface area contributed by atoms with E-state index < -0.39 is 29.7 Å². The average Bonchev–Trinajstić information content (AvgIpc) is 2.58. The number of carbonyl (C=O) groups is 2. The van der Waals surface area contributed by atoms with Crippen molar-refractivity contribution in [1.82, 2.24) is 15.0 Å². The van der Waals surface area contributed by atoms with Crippen molar-refractivity contribution in [3.63, 3.8) is 0 Å². The Kier molecular flexibility index (Phi) is 5.78. The summed E-state index contributed by atoms with van der Waals surface area (Å²) in [7, 11) is 0. The van der Waals surface area contributed by atoms with E-state index in [9.17, 15) is 22.8 Å². The fraction of sp³-hybridized carbons (Fsp3) is 0.267. The molecule has 6 N–H and O–H groups in total. The van der Waals surface area contributed by atoms with E-state index in [1.54, 1.807) is 6.92 Å². The van der Waals surface area contributed by atoms with E-state index in [1.165, 1.54) is 6.07 Å². The molecule has 0 bridgehead atoms. The van der Waals surface area contributed by atoms with Gasteiger partial charge in [0.15, 0.2) is 11.5 Å². The summed E-state index contributed by atoms with van der Waals surface area (Å²) in [6.07, 6.45) is -2.18. The first-order chi connectivity index (χ1) is 12.6. The van der Waals surface area contributed by atoms with E-state index in [1.807, 2.05) is 0 Å². The third-order valence-electron chi connectivity index (χ3n) is 3.39. The van der Waals surface area contributed by atoms with Gasteiger partial charge >= 0.3 is 6.18 Å². The summed E-state index contributed by atoms with van der Waals surface area (Å²) in [6, 6.07) is 1.24. The molecule has 12 heteroatoms. The number of rotatable bonds is 7. The summed E-state index contributed by atoms with van der Waals surface area (Å²) in [6.45, 7) is 1.71. The molecular formula is C15H16F3N7O2. The van der Waals surface area contributed by atoms with Gasteiger partial charge in [-0.3, -0.25) is 14.6 Å². The summed E-state index contributed by atoms with van der Waals surface area (Å²) in [5.41, 5.74) is 9.01. The average molecular weight is 383 g/mol. The van der Waals surface area contributed by atoms with E-state index in [0.29, 0.717) is 6.42 Å². The second-order valence-corrected chi connectivity index (χ2v) is 5.38. The summed E-state index contributed by atoms with van der Waals surface area (Å²) in [5.74, 6) is -1.68. The number of nitrogens with two attached hydrogens (primary N) is 2. The van der Waals surface area contributed by atoms with Crippen LogP contribution in [0.3, 0.4) is 0 Å². The number of alkyl halides is 3. The number of anilines is 3. The van der Waals surface area contributed by atoms with Crippen LogP contribution in [0.25, 0.3) is 0 Å². The van der Waals surface area contributed by atoms with Crippen molar-refractivity contribution in [1.29, 1.82) is 0 Å². The Morgan fingerprint density at radius 2 is 1.96 bits per heavy atom. The Labute approximate surface area is 151 Å². The van der Waals surface area contributed by atoms with Crippen molar-refractivity contribution in [2.24, 2.45) is 11.5 Å². The summed E-state index contributed by atoms with van der Waals surface area (Å²) >= 11 is 0. The monoisotopic (exact) mass is 383 g/mol. The maximum absolute atomic E-state index is 12.8. The molecule has 0 aliphatic rings. The smallest absolute Gasteiger partial charge is 0.368 e. The van der Waals surface area contributed by atoms with Crippen molar-refractivity contribution >= 4 is 29.1 Å². The fourth-order valence-electron chi connectivity index (χ4n) is 2.08. The first-order valence-corrected chi connectivity index (χ1v) is 7.64. The molecule has 144 valence electrons. The normalized spacial score (nSPS) is 12.3. The number of pyridine rings is 1. The van der Waals surface area contributed by atoms with Crippen LogP contribution in [0.5, 0.6) is 0 Å². The highest BCUT2D eigenvalue weighted by atomic mass is 19.4. The number of nitrogens with one attached hydrogen (secondary N) is 2. The highest BCUT2D eigenvalue weighted by Crippen LogP contribution is 2.29. The van der Waals surface area contributed by atoms with E-state index >= 15 is 0 Å². The van der Waals surface area contributed by atoms with E-state index in [4.69, 9.17) is 11.5 Å². The van der Waals surface area contributed by atoms with E-state index in [-0.39, 0.29) is 23.0 Å². The van der Waals surface area contributed by atoms with Gasteiger partial charge in [-0.1, -0.05) is 6.92 Å². The minimum atomic E-state index is -4.64. The van der Waals surface area contributed by atoms with Crippen LogP contribution in [0.4, 0.5) is 30.5 Å². The lowest BCUT2D eigenvalue weighted by Crippen LogP contribution is -2.35. The summed E-state index contributed by atoms with van der Waals surface area (Å²) in [4.78, 5) is 34.0. The van der Waals surface area contributed by atoms with Crippen LogP contribution in [0, 0.1) is 0 Å². The molecule has 2 aromatic heterocycles. The molecule has 27 heavy (non-hydrogen) atoms. The Bertz CT molecular complexity index is 858. The van der Waals surface area contributed by atoms with Gasteiger partial charge in [-0.2, -0.15) is 13.2 Å². The van der Waals surface area contributed by atoms with Crippen LogP contribution >= 0.6 is 0 Å². The second kappa shape index (κ2) is 7.85. The molecule has 0 aromatic carbocycles. The van der Waals surface area contributed by atoms with Crippen LogP contribution in [0.1, 0.15) is 29.5 Å². The van der Waals surface area contributed by atoms with E-state index in [2.05, 4.69) is 25.6 Å². The van der Waals surface area contributed by atoms with Crippen molar-refractivity contribution in [2.45, 2.75) is 25.6 Å². The molecule has 0 saturated heterocycles. The van der Waals surface area contributed by atoms with E-state index in [0.717, 1.165) is 18.5 Å². The number of aromatic nitrogens is 3. The SMILES string of the molecule is CCC(Nc1cnc(C(N)=O)c(Nc2ccnc(C(F)(F)F)c2)n1)C(N)=O. The van der Waals surface area contributed by atoms with Crippen molar-refractivity contribution in [2.75, 3.05) is 10.6 Å². The van der Waals surface area contributed by atoms with Crippen molar-refractivity contribution in [3.05, 3.63) is 35.9 Å². The van der Waals surface area contributed by atoms with Gasteiger partial charge in [0.25, 0.3) is 5.91 Å². The lowest BCUT2D eigenvalue weighted by Gasteiger charge is -2.16. The van der Waals surface area contributed by atoms with Gasteiger partial charge in [-0.05, 0) is 18.6 Å². The molecule has 2 amide bonds. The van der Waals surface area contributed by atoms with Gasteiger partial charge in [-0.25, -0.2) is 9.97 Å². The molecule has 1 atom stereocenters. The molecule has 0 radical (unpaired) electrons. The third-order valence-corrected chi connectivity index (χ3v) is 3.39. The molecule has 0 fully saturated rings. The fourth-order valence-corrected chi connectivity index (χ4v) is 2.08. The lowest BCUT2D eigenvalue weighted by atomic mass is 10.2. The molecule has 2 aromatic rings. The molecule has 9 nitrogen and oxygen atoms in total. The molecular weight excluding hydrogens is 367 g/mol. The standard InChI is InChI=1S/C15H16F3N7O2/c1-2-8(12(19)26)24-10-6-22-11(13(20)27)14(25-10)23-7-3-4-21-9(5-7)15(16,17)18/h3-6,8H,2H2,1H3,(H2,19,26)(H2,20,27)(H2,21,23,24,25). The van der Waals surface area contributed by atoms with Crippen LogP contribution < -0.4 is 22.1 Å². The van der Waals surface area contributed by atoms with Gasteiger partial charge < -0.3 is 22.1 Å². The molecule has 2 heterocycles. The quantitative estimate of drug-likeness (QED) is 0.565. The number of nitrogens with zero attached hydrogens (tertiary/aromatic N) is 3. The maximum atomic E-state index is 12.8. The molecule has 0 aliphatic heterocycles. The van der Waals surface area contributed by atoms with Gasteiger partial charge in [0.1, 0.15) is 17.6 Å². The van der Waals surface area contributed by atoms with Gasteiger partial charge in [0, 0.05) is 11.9 Å². The molecule has 0 spiro atoms. The zero-order valence-electron chi connectivity index (χ0n) is 14.0. The van der Waals surface area contributed by atoms with Crippen molar-refractivity contribution < 1.29 is 22.8 Å². The number of primary amides is 2. The minimum absolute atomic E-state index is 0.0341. The summed E-state index contributed by atoms with van der Waals surface area (Å²) in [5, 5.41) is 5.28.